The fraction of sp³-hybridized carbons (Fsp3) is 0.400. The summed E-state index contributed by atoms with van der Waals surface area (Å²) in [6.07, 6.45) is 1.61. The van der Waals surface area contributed by atoms with Crippen molar-refractivity contribution in [2.45, 2.75) is 12.1 Å². The molecule has 92 valence electrons. The Kier molecular flexibility index (Phi) is 3.70. The second-order valence-electron chi connectivity index (χ2n) is 3.41. The summed E-state index contributed by atoms with van der Waals surface area (Å²) in [5, 5.41) is 8.77. The van der Waals surface area contributed by atoms with Crippen LogP contribution in [-0.2, 0) is 4.74 Å². The van der Waals surface area contributed by atoms with Crippen molar-refractivity contribution in [3.63, 3.8) is 0 Å². The third kappa shape index (κ3) is 2.45. The van der Waals surface area contributed by atoms with Gasteiger partial charge in [0.1, 0.15) is 5.76 Å². The van der Waals surface area contributed by atoms with Gasteiger partial charge in [-0.05, 0) is 13.0 Å². The highest BCUT2D eigenvalue weighted by molar-refractivity contribution is 7.99. The van der Waals surface area contributed by atoms with Crippen molar-refractivity contribution in [1.29, 1.82) is 0 Å². The molecule has 2 N–H and O–H groups in total. The topological polar surface area (TPSA) is 79.1 Å². The maximum Gasteiger partial charge on any atom is 0.210 e. The first-order chi connectivity index (χ1) is 8.24. The zero-order valence-corrected chi connectivity index (χ0v) is 10.5. The summed E-state index contributed by atoms with van der Waals surface area (Å²) in [6.45, 7) is 2.51. The number of furan rings is 1. The number of nitrogen functional groups attached to an aromatic ring is 1. The van der Waals surface area contributed by atoms with Crippen LogP contribution in [0, 0.1) is 6.92 Å². The standard InChI is InChI=1S/C10H14N4O2S/c1-7-8(3-4-16-7)9-12-13-10(14(9)11)17-6-5-15-2/h3-4H,5-6,11H2,1-2H3. The average Bonchev–Trinajstić information content (AvgIpc) is 2.87. The minimum absolute atomic E-state index is 0.608. The summed E-state index contributed by atoms with van der Waals surface area (Å²) in [4.78, 5) is 0. The number of ether oxygens (including phenoxy) is 1. The van der Waals surface area contributed by atoms with Gasteiger partial charge in [-0.15, -0.1) is 10.2 Å². The molecule has 0 spiro atoms. The first-order valence-electron chi connectivity index (χ1n) is 5.10. The predicted molar refractivity (Wildman–Crippen MR) is 65.2 cm³/mol. The number of hydrogen-bond donors (Lipinski definition) is 1. The van der Waals surface area contributed by atoms with E-state index >= 15 is 0 Å². The van der Waals surface area contributed by atoms with Gasteiger partial charge in [0, 0.05) is 12.9 Å². The number of methoxy groups -OCH3 is 1. The molecule has 0 aliphatic heterocycles. The van der Waals surface area contributed by atoms with Crippen molar-refractivity contribution < 1.29 is 9.15 Å². The highest BCUT2D eigenvalue weighted by Gasteiger charge is 2.15. The van der Waals surface area contributed by atoms with Crippen LogP contribution in [0.15, 0.2) is 21.9 Å². The van der Waals surface area contributed by atoms with Crippen LogP contribution in [0.5, 0.6) is 0 Å². The van der Waals surface area contributed by atoms with Gasteiger partial charge in [0.05, 0.1) is 18.4 Å². The number of nitrogens with zero attached hydrogens (tertiary/aromatic N) is 3. The van der Waals surface area contributed by atoms with Crippen molar-refractivity contribution in [3.05, 3.63) is 18.1 Å². The quantitative estimate of drug-likeness (QED) is 0.492. The van der Waals surface area contributed by atoms with Crippen molar-refractivity contribution in [2.24, 2.45) is 0 Å². The third-order valence-corrected chi connectivity index (χ3v) is 3.19. The van der Waals surface area contributed by atoms with Gasteiger partial charge in [-0.3, -0.25) is 0 Å². The normalized spacial score (nSPS) is 10.9. The molecule has 2 rings (SSSR count). The molecule has 2 heterocycles. The van der Waals surface area contributed by atoms with Gasteiger partial charge >= 0.3 is 0 Å². The van der Waals surface area contributed by atoms with Crippen LogP contribution in [0.25, 0.3) is 11.4 Å². The van der Waals surface area contributed by atoms with Crippen LogP contribution >= 0.6 is 11.8 Å². The summed E-state index contributed by atoms with van der Waals surface area (Å²) in [7, 11) is 1.66. The van der Waals surface area contributed by atoms with Crippen molar-refractivity contribution in [3.8, 4) is 11.4 Å². The van der Waals surface area contributed by atoms with Gasteiger partial charge in [0.15, 0.2) is 5.82 Å². The second-order valence-corrected chi connectivity index (χ2v) is 4.47. The number of nitrogens with two attached hydrogens (primary N) is 1. The molecule has 0 amide bonds. The molecule has 0 aliphatic carbocycles. The minimum atomic E-state index is 0.608. The van der Waals surface area contributed by atoms with E-state index in [1.54, 1.807) is 13.4 Å². The molecule has 6 nitrogen and oxygen atoms in total. The maximum absolute atomic E-state index is 5.93. The molecule has 0 unspecified atom stereocenters. The van der Waals surface area contributed by atoms with Crippen LogP contribution in [0.4, 0.5) is 0 Å². The molecule has 2 aromatic heterocycles. The Morgan fingerprint density at radius 3 is 3.00 bits per heavy atom. The third-order valence-electron chi connectivity index (χ3n) is 2.28. The Morgan fingerprint density at radius 1 is 1.53 bits per heavy atom. The van der Waals surface area contributed by atoms with E-state index in [2.05, 4.69) is 10.2 Å². The Morgan fingerprint density at radius 2 is 2.35 bits per heavy atom. The molecule has 0 radical (unpaired) electrons. The molecular formula is C10H14N4O2S. The summed E-state index contributed by atoms with van der Waals surface area (Å²) in [5.74, 6) is 8.10. The van der Waals surface area contributed by atoms with E-state index in [0.29, 0.717) is 17.6 Å². The molecule has 7 heteroatoms. The number of aryl methyl sites for hydroxylation is 1. The van der Waals surface area contributed by atoms with Crippen molar-refractivity contribution >= 4 is 11.8 Å². The summed E-state index contributed by atoms with van der Waals surface area (Å²) in [6, 6.07) is 1.83. The molecule has 0 fully saturated rings. The largest absolute Gasteiger partial charge is 0.469 e. The molecule has 17 heavy (non-hydrogen) atoms. The lowest BCUT2D eigenvalue weighted by molar-refractivity contribution is 0.218. The van der Waals surface area contributed by atoms with E-state index in [-0.39, 0.29) is 0 Å². The summed E-state index contributed by atoms with van der Waals surface area (Å²) >= 11 is 1.50. The lowest BCUT2D eigenvalue weighted by Crippen LogP contribution is -2.12. The number of rotatable bonds is 5. The molecule has 0 aromatic carbocycles. The van der Waals surface area contributed by atoms with E-state index in [4.69, 9.17) is 15.0 Å². The Balaban J connectivity index is 2.18. The lowest BCUT2D eigenvalue weighted by atomic mass is 10.2. The molecule has 0 bridgehead atoms. The number of thioether (sulfide) groups is 1. The van der Waals surface area contributed by atoms with Gasteiger partial charge in [0.25, 0.3) is 0 Å². The molecular weight excluding hydrogens is 240 g/mol. The molecule has 0 saturated carbocycles. The van der Waals surface area contributed by atoms with E-state index in [1.807, 2.05) is 13.0 Å². The van der Waals surface area contributed by atoms with Crippen molar-refractivity contribution in [1.82, 2.24) is 14.9 Å². The van der Waals surface area contributed by atoms with E-state index in [0.717, 1.165) is 17.1 Å². The zero-order valence-electron chi connectivity index (χ0n) is 9.71. The fourth-order valence-electron chi connectivity index (χ4n) is 1.39. The zero-order chi connectivity index (χ0) is 12.3. The maximum atomic E-state index is 5.93. The minimum Gasteiger partial charge on any atom is -0.469 e. The van der Waals surface area contributed by atoms with Gasteiger partial charge < -0.3 is 15.0 Å². The molecule has 0 saturated heterocycles. The summed E-state index contributed by atoms with van der Waals surface area (Å²) in [5.41, 5.74) is 0.860. The molecule has 0 aliphatic rings. The lowest BCUT2D eigenvalue weighted by Gasteiger charge is -2.02. The predicted octanol–water partition coefficient (Wildman–Crippen LogP) is 1.30. The fourth-order valence-corrected chi connectivity index (χ4v) is 2.15. The van der Waals surface area contributed by atoms with Crippen LogP contribution < -0.4 is 5.84 Å². The molecule has 2 aromatic rings. The monoisotopic (exact) mass is 254 g/mol. The Hall–Kier alpha value is -1.47. The highest BCUT2D eigenvalue weighted by Crippen LogP contribution is 2.24. The summed E-state index contributed by atoms with van der Waals surface area (Å²) < 4.78 is 11.7. The van der Waals surface area contributed by atoms with Gasteiger partial charge in [-0.1, -0.05) is 11.8 Å². The second kappa shape index (κ2) is 5.24. The highest BCUT2D eigenvalue weighted by atomic mass is 32.2. The first-order valence-corrected chi connectivity index (χ1v) is 6.09. The Bertz CT molecular complexity index is 494. The van der Waals surface area contributed by atoms with Crippen LogP contribution in [0.3, 0.4) is 0 Å². The average molecular weight is 254 g/mol. The first kappa shape index (κ1) is 12.0. The Labute approximate surface area is 103 Å². The van der Waals surface area contributed by atoms with E-state index in [1.165, 1.54) is 16.4 Å². The van der Waals surface area contributed by atoms with Gasteiger partial charge in [-0.25, -0.2) is 4.68 Å². The van der Waals surface area contributed by atoms with Gasteiger partial charge in [-0.2, -0.15) is 0 Å². The van der Waals surface area contributed by atoms with Crippen LogP contribution in [-0.4, -0.2) is 34.3 Å². The van der Waals surface area contributed by atoms with E-state index in [9.17, 15) is 0 Å². The molecule has 0 atom stereocenters. The van der Waals surface area contributed by atoms with Crippen LogP contribution in [0.1, 0.15) is 5.76 Å². The van der Waals surface area contributed by atoms with Crippen molar-refractivity contribution in [2.75, 3.05) is 25.3 Å². The van der Waals surface area contributed by atoms with Gasteiger partial charge in [0.2, 0.25) is 5.16 Å². The number of aromatic nitrogens is 3. The SMILES string of the molecule is COCCSc1nnc(-c2ccoc2C)n1N. The van der Waals surface area contributed by atoms with E-state index < -0.39 is 0 Å². The van der Waals surface area contributed by atoms with Crippen LogP contribution in [0.2, 0.25) is 0 Å². The number of hydrogen-bond acceptors (Lipinski definition) is 6. The smallest absolute Gasteiger partial charge is 0.210 e.